The molecule has 0 aliphatic carbocycles. The van der Waals surface area contributed by atoms with Gasteiger partial charge < -0.3 is 20.6 Å². The third kappa shape index (κ3) is 6.76. The molecule has 2 aromatic rings. The molecule has 33 heavy (non-hydrogen) atoms. The number of amides is 1. The van der Waals surface area contributed by atoms with Crippen LogP contribution in [0, 0.1) is 0 Å². The van der Waals surface area contributed by atoms with Gasteiger partial charge >= 0.3 is 0 Å². The number of carbonyl (C=O) groups excluding carboxylic acids is 1. The zero-order valence-electron chi connectivity index (χ0n) is 19.2. The molecule has 0 bridgehead atoms. The number of β-amino-alcohol motifs (C(OH)–C–C–N with tert-alkyl or cyclic N) is 1. The Morgan fingerprint density at radius 3 is 2.48 bits per heavy atom. The van der Waals surface area contributed by atoms with E-state index in [0.717, 1.165) is 51.1 Å². The summed E-state index contributed by atoms with van der Waals surface area (Å²) in [6.07, 6.45) is 2.36. The lowest BCUT2D eigenvalue weighted by atomic mass is 10.00. The second-order valence-corrected chi connectivity index (χ2v) is 9.14. The van der Waals surface area contributed by atoms with Crippen molar-refractivity contribution in [3.63, 3.8) is 0 Å². The van der Waals surface area contributed by atoms with Crippen LogP contribution in [0.15, 0.2) is 48.5 Å². The predicted octanol–water partition coefficient (Wildman–Crippen LogP) is 2.68. The number of piperidine rings is 1. The SMILES string of the molecule is O=C(NCC(O)CN1CCc2ccccc2C1)c1ccc(NC2CCN(CCF)CC2)cc1. The average Bonchev–Trinajstić information content (AvgIpc) is 2.84. The summed E-state index contributed by atoms with van der Waals surface area (Å²) in [6, 6.07) is 16.3. The number of aliphatic hydroxyl groups is 1. The van der Waals surface area contributed by atoms with Gasteiger partial charge in [-0.2, -0.15) is 0 Å². The van der Waals surface area contributed by atoms with Crippen LogP contribution in [-0.4, -0.2) is 78.9 Å². The number of likely N-dealkylation sites (tertiary alicyclic amines) is 1. The summed E-state index contributed by atoms with van der Waals surface area (Å²) in [7, 11) is 0. The van der Waals surface area contributed by atoms with E-state index in [0.29, 0.717) is 24.7 Å². The number of rotatable bonds is 9. The number of nitrogens with one attached hydrogen (secondary N) is 2. The second-order valence-electron chi connectivity index (χ2n) is 9.14. The minimum Gasteiger partial charge on any atom is -0.390 e. The average molecular weight is 455 g/mol. The van der Waals surface area contributed by atoms with Gasteiger partial charge in [0.2, 0.25) is 0 Å². The number of anilines is 1. The predicted molar refractivity (Wildman–Crippen MR) is 129 cm³/mol. The number of alkyl halides is 1. The molecular formula is C26H35FN4O2. The summed E-state index contributed by atoms with van der Waals surface area (Å²) in [5.41, 5.74) is 4.27. The van der Waals surface area contributed by atoms with Crippen molar-refractivity contribution >= 4 is 11.6 Å². The molecule has 0 saturated carbocycles. The quantitative estimate of drug-likeness (QED) is 0.544. The number of benzene rings is 2. The molecule has 1 saturated heterocycles. The first kappa shape index (κ1) is 23.7. The first-order valence-electron chi connectivity index (χ1n) is 12.0. The normalized spacial score (nSPS) is 18.5. The molecule has 4 rings (SSSR count). The van der Waals surface area contributed by atoms with Gasteiger partial charge in [-0.3, -0.25) is 9.69 Å². The molecule has 7 heteroatoms. The Kier molecular flexibility index (Phi) is 8.31. The Labute approximate surface area is 195 Å². The van der Waals surface area contributed by atoms with E-state index in [1.54, 1.807) is 0 Å². The highest BCUT2D eigenvalue weighted by Crippen LogP contribution is 2.19. The van der Waals surface area contributed by atoms with Crippen LogP contribution >= 0.6 is 0 Å². The highest BCUT2D eigenvalue weighted by Gasteiger charge is 2.20. The minimum atomic E-state index is -0.608. The zero-order chi connectivity index (χ0) is 23.0. The Morgan fingerprint density at radius 1 is 1.03 bits per heavy atom. The molecule has 178 valence electrons. The van der Waals surface area contributed by atoms with Gasteiger partial charge in [0, 0.05) is 63.1 Å². The Bertz CT molecular complexity index is 899. The maximum atomic E-state index is 12.5. The summed E-state index contributed by atoms with van der Waals surface area (Å²) in [6.45, 7) is 4.59. The summed E-state index contributed by atoms with van der Waals surface area (Å²) in [5, 5.41) is 16.8. The lowest BCUT2D eigenvalue weighted by Crippen LogP contribution is -2.42. The van der Waals surface area contributed by atoms with Gasteiger partial charge in [0.25, 0.3) is 5.91 Å². The van der Waals surface area contributed by atoms with E-state index in [1.165, 1.54) is 11.1 Å². The Hall–Kier alpha value is -2.48. The molecule has 0 spiro atoms. The first-order valence-corrected chi connectivity index (χ1v) is 12.0. The van der Waals surface area contributed by atoms with Crippen LogP contribution in [0.1, 0.15) is 34.3 Å². The fourth-order valence-electron chi connectivity index (χ4n) is 4.76. The standard InChI is InChI=1S/C26H35FN4O2/c27-12-16-30-14-10-24(11-15-30)29-23-7-5-21(6-8-23)26(33)28-17-25(32)19-31-13-9-20-3-1-2-4-22(20)18-31/h1-8,24-25,29,32H,9-19H2,(H,28,33). The van der Waals surface area contributed by atoms with Gasteiger partial charge in [0.15, 0.2) is 0 Å². The molecular weight excluding hydrogens is 419 g/mol. The van der Waals surface area contributed by atoms with Gasteiger partial charge in [-0.15, -0.1) is 0 Å². The van der Waals surface area contributed by atoms with Crippen LogP contribution < -0.4 is 10.6 Å². The molecule has 2 aliphatic heterocycles. The number of carbonyl (C=O) groups is 1. The van der Waals surface area contributed by atoms with Gasteiger partial charge in [0.1, 0.15) is 6.67 Å². The number of hydrogen-bond donors (Lipinski definition) is 3. The molecule has 0 radical (unpaired) electrons. The fraction of sp³-hybridized carbons (Fsp3) is 0.500. The van der Waals surface area contributed by atoms with E-state index in [2.05, 4.69) is 44.7 Å². The van der Waals surface area contributed by atoms with E-state index in [-0.39, 0.29) is 19.1 Å². The van der Waals surface area contributed by atoms with E-state index in [4.69, 9.17) is 0 Å². The maximum absolute atomic E-state index is 12.5. The summed E-state index contributed by atoms with van der Waals surface area (Å²) in [4.78, 5) is 16.9. The van der Waals surface area contributed by atoms with Crippen molar-refractivity contribution in [3.05, 3.63) is 65.2 Å². The summed E-state index contributed by atoms with van der Waals surface area (Å²) >= 11 is 0. The lowest BCUT2D eigenvalue weighted by Gasteiger charge is -2.32. The highest BCUT2D eigenvalue weighted by atomic mass is 19.1. The molecule has 2 aliphatic rings. The smallest absolute Gasteiger partial charge is 0.251 e. The molecule has 2 aromatic carbocycles. The van der Waals surface area contributed by atoms with E-state index in [9.17, 15) is 14.3 Å². The van der Waals surface area contributed by atoms with Crippen molar-refractivity contribution in [2.24, 2.45) is 0 Å². The Morgan fingerprint density at radius 2 is 1.76 bits per heavy atom. The lowest BCUT2D eigenvalue weighted by molar-refractivity contribution is 0.0842. The van der Waals surface area contributed by atoms with Crippen molar-refractivity contribution in [2.75, 3.05) is 51.3 Å². The van der Waals surface area contributed by atoms with Crippen molar-refractivity contribution in [1.82, 2.24) is 15.1 Å². The van der Waals surface area contributed by atoms with Crippen molar-refractivity contribution in [1.29, 1.82) is 0 Å². The topological polar surface area (TPSA) is 67.8 Å². The third-order valence-electron chi connectivity index (χ3n) is 6.68. The molecule has 2 heterocycles. The Balaban J connectivity index is 1.18. The van der Waals surface area contributed by atoms with E-state index >= 15 is 0 Å². The van der Waals surface area contributed by atoms with E-state index in [1.807, 2.05) is 24.3 Å². The highest BCUT2D eigenvalue weighted by molar-refractivity contribution is 5.94. The second kappa shape index (κ2) is 11.6. The van der Waals surface area contributed by atoms with Gasteiger partial charge in [-0.25, -0.2) is 4.39 Å². The molecule has 1 unspecified atom stereocenters. The van der Waals surface area contributed by atoms with Crippen LogP contribution in [0.2, 0.25) is 0 Å². The number of aliphatic hydroxyl groups excluding tert-OH is 1. The maximum Gasteiger partial charge on any atom is 0.251 e. The molecule has 1 amide bonds. The summed E-state index contributed by atoms with van der Waals surface area (Å²) < 4.78 is 12.5. The number of hydrogen-bond acceptors (Lipinski definition) is 5. The van der Waals surface area contributed by atoms with Gasteiger partial charge in [-0.1, -0.05) is 24.3 Å². The van der Waals surface area contributed by atoms with Gasteiger partial charge in [-0.05, 0) is 54.7 Å². The van der Waals surface area contributed by atoms with E-state index < -0.39 is 6.10 Å². The minimum absolute atomic E-state index is 0.177. The van der Waals surface area contributed by atoms with Gasteiger partial charge in [0.05, 0.1) is 6.10 Å². The number of fused-ring (bicyclic) bond motifs is 1. The fourth-order valence-corrected chi connectivity index (χ4v) is 4.76. The van der Waals surface area contributed by atoms with Crippen LogP contribution in [0.3, 0.4) is 0 Å². The molecule has 1 fully saturated rings. The first-order chi connectivity index (χ1) is 16.1. The molecule has 6 nitrogen and oxygen atoms in total. The largest absolute Gasteiger partial charge is 0.390 e. The monoisotopic (exact) mass is 454 g/mol. The van der Waals surface area contributed by atoms with Crippen LogP contribution in [0.25, 0.3) is 0 Å². The number of nitrogens with zero attached hydrogens (tertiary/aromatic N) is 2. The third-order valence-corrected chi connectivity index (χ3v) is 6.68. The molecule has 0 aromatic heterocycles. The number of halogens is 1. The van der Waals surface area contributed by atoms with Crippen molar-refractivity contribution in [3.8, 4) is 0 Å². The molecule has 3 N–H and O–H groups in total. The van der Waals surface area contributed by atoms with Crippen LogP contribution in [0.4, 0.5) is 10.1 Å². The van der Waals surface area contributed by atoms with Crippen LogP contribution in [-0.2, 0) is 13.0 Å². The van der Waals surface area contributed by atoms with Crippen molar-refractivity contribution in [2.45, 2.75) is 38.0 Å². The zero-order valence-corrected chi connectivity index (χ0v) is 19.2. The van der Waals surface area contributed by atoms with Crippen LogP contribution in [0.5, 0.6) is 0 Å². The molecule has 1 atom stereocenters. The summed E-state index contributed by atoms with van der Waals surface area (Å²) in [5.74, 6) is -0.177. The van der Waals surface area contributed by atoms with Crippen molar-refractivity contribution < 1.29 is 14.3 Å².